The summed E-state index contributed by atoms with van der Waals surface area (Å²) in [4.78, 5) is 49.0. The van der Waals surface area contributed by atoms with Gasteiger partial charge in [-0.05, 0) is 32.6 Å². The van der Waals surface area contributed by atoms with Crippen molar-refractivity contribution in [2.45, 2.75) is 59.0 Å². The molecule has 0 radical (unpaired) electrons. The smallest absolute Gasteiger partial charge is 0.242 e. The molecule has 2 fully saturated rings. The molecule has 2 aliphatic rings. The van der Waals surface area contributed by atoms with Gasteiger partial charge in [0.1, 0.15) is 0 Å². The topological polar surface area (TPSA) is 98.4 Å². The van der Waals surface area contributed by atoms with Crippen molar-refractivity contribution in [2.24, 2.45) is 11.8 Å². The zero-order chi connectivity index (χ0) is 20.4. The summed E-state index contributed by atoms with van der Waals surface area (Å²) < 4.78 is 0. The summed E-state index contributed by atoms with van der Waals surface area (Å²) in [6.07, 6.45) is 3.17. The van der Waals surface area contributed by atoms with E-state index in [1.807, 2.05) is 18.7 Å². The van der Waals surface area contributed by atoms with E-state index in [2.05, 4.69) is 29.1 Å². The molecule has 0 aliphatic carbocycles. The van der Waals surface area contributed by atoms with Crippen LogP contribution in [-0.4, -0.2) is 69.2 Å². The van der Waals surface area contributed by atoms with Gasteiger partial charge in [0.25, 0.3) is 0 Å². The normalized spacial score (nSPS) is 24.6. The summed E-state index contributed by atoms with van der Waals surface area (Å²) in [6.45, 7) is 9.14. The third-order valence-electron chi connectivity index (χ3n) is 5.79. The Labute approximate surface area is 166 Å². The van der Waals surface area contributed by atoms with E-state index in [1.54, 1.807) is 11.2 Å². The van der Waals surface area contributed by atoms with Gasteiger partial charge in [-0.15, -0.1) is 0 Å². The first-order chi connectivity index (χ1) is 13.3. The average Bonchev–Trinajstić information content (AvgIpc) is 3.19. The number of carbonyl (C=O) groups is 3. The first-order valence-corrected chi connectivity index (χ1v) is 10.2. The molecule has 8 heteroatoms. The third kappa shape index (κ3) is 4.05. The maximum atomic E-state index is 13.0. The fourth-order valence-electron chi connectivity index (χ4n) is 4.50. The number of H-pyrrole nitrogens is 1. The van der Waals surface area contributed by atoms with E-state index in [0.29, 0.717) is 31.1 Å². The lowest BCUT2D eigenvalue weighted by molar-refractivity contribution is -0.149. The number of imidazole rings is 1. The van der Waals surface area contributed by atoms with Crippen molar-refractivity contribution in [3.05, 3.63) is 17.7 Å². The highest BCUT2D eigenvalue weighted by molar-refractivity contribution is 5.89. The van der Waals surface area contributed by atoms with E-state index in [9.17, 15) is 14.4 Å². The van der Waals surface area contributed by atoms with Crippen molar-refractivity contribution in [3.63, 3.8) is 0 Å². The van der Waals surface area contributed by atoms with Crippen LogP contribution in [0, 0.1) is 18.8 Å². The van der Waals surface area contributed by atoms with Crippen LogP contribution in [0.3, 0.4) is 0 Å². The SMILES string of the molecule is CCNC(=O)[C@@H]1C[C@@H]2CN(C(=O)Cc3nc[nH]c3C)CC(=O)N2[C@@H]1CC(C)C. The molecule has 0 aromatic carbocycles. The molecule has 3 atom stereocenters. The molecule has 0 saturated carbocycles. The van der Waals surface area contributed by atoms with Crippen LogP contribution < -0.4 is 5.32 Å². The number of aromatic amines is 1. The molecule has 0 spiro atoms. The largest absolute Gasteiger partial charge is 0.356 e. The van der Waals surface area contributed by atoms with Crippen LogP contribution in [0.4, 0.5) is 0 Å². The minimum absolute atomic E-state index is 0.0142. The van der Waals surface area contributed by atoms with Crippen LogP contribution in [0.2, 0.25) is 0 Å². The summed E-state index contributed by atoms with van der Waals surface area (Å²) in [7, 11) is 0. The van der Waals surface area contributed by atoms with E-state index in [0.717, 1.165) is 12.1 Å². The highest BCUT2D eigenvalue weighted by atomic mass is 16.2. The molecule has 0 unspecified atom stereocenters. The molecule has 28 heavy (non-hydrogen) atoms. The van der Waals surface area contributed by atoms with Crippen LogP contribution in [0.15, 0.2) is 6.33 Å². The molecule has 2 N–H and O–H groups in total. The molecular formula is C20H31N5O3. The predicted molar refractivity (Wildman–Crippen MR) is 104 cm³/mol. The summed E-state index contributed by atoms with van der Waals surface area (Å²) in [5, 5.41) is 2.92. The molecular weight excluding hydrogens is 358 g/mol. The zero-order valence-corrected chi connectivity index (χ0v) is 17.2. The molecule has 1 aromatic heterocycles. The van der Waals surface area contributed by atoms with Crippen molar-refractivity contribution in [2.75, 3.05) is 19.6 Å². The van der Waals surface area contributed by atoms with E-state index in [4.69, 9.17) is 0 Å². The van der Waals surface area contributed by atoms with Crippen LogP contribution in [0.1, 0.15) is 45.0 Å². The number of carbonyl (C=O) groups excluding carboxylic acids is 3. The lowest BCUT2D eigenvalue weighted by Crippen LogP contribution is -2.58. The van der Waals surface area contributed by atoms with Gasteiger partial charge in [-0.1, -0.05) is 13.8 Å². The van der Waals surface area contributed by atoms with Crippen molar-refractivity contribution < 1.29 is 14.4 Å². The predicted octanol–water partition coefficient (Wildman–Crippen LogP) is 0.871. The molecule has 3 rings (SSSR count). The lowest BCUT2D eigenvalue weighted by atomic mass is 9.91. The third-order valence-corrected chi connectivity index (χ3v) is 5.79. The Morgan fingerprint density at radius 2 is 2.14 bits per heavy atom. The van der Waals surface area contributed by atoms with E-state index in [1.165, 1.54) is 0 Å². The number of nitrogens with zero attached hydrogens (tertiary/aromatic N) is 3. The van der Waals surface area contributed by atoms with Crippen LogP contribution in [0.5, 0.6) is 0 Å². The van der Waals surface area contributed by atoms with E-state index < -0.39 is 0 Å². The second-order valence-corrected chi connectivity index (χ2v) is 8.31. The van der Waals surface area contributed by atoms with E-state index in [-0.39, 0.29) is 48.7 Å². The van der Waals surface area contributed by atoms with Crippen LogP contribution >= 0.6 is 0 Å². The van der Waals surface area contributed by atoms with Gasteiger partial charge in [0.05, 0.1) is 36.9 Å². The summed E-state index contributed by atoms with van der Waals surface area (Å²) in [6, 6.07) is -0.184. The average molecular weight is 390 g/mol. The number of amides is 3. The summed E-state index contributed by atoms with van der Waals surface area (Å²) in [5.74, 6) is 0.0435. The number of hydrogen-bond acceptors (Lipinski definition) is 4. The molecule has 1 aromatic rings. The van der Waals surface area contributed by atoms with Crippen LogP contribution in [0.25, 0.3) is 0 Å². The second-order valence-electron chi connectivity index (χ2n) is 8.31. The summed E-state index contributed by atoms with van der Waals surface area (Å²) >= 11 is 0. The Morgan fingerprint density at radius 1 is 1.39 bits per heavy atom. The first-order valence-electron chi connectivity index (χ1n) is 10.2. The molecule has 2 saturated heterocycles. The van der Waals surface area contributed by atoms with Gasteiger partial charge < -0.3 is 20.1 Å². The van der Waals surface area contributed by atoms with Gasteiger partial charge in [-0.2, -0.15) is 0 Å². The Hall–Kier alpha value is -2.38. The second kappa shape index (κ2) is 8.32. The van der Waals surface area contributed by atoms with Crippen molar-refractivity contribution in [3.8, 4) is 0 Å². The van der Waals surface area contributed by atoms with Crippen molar-refractivity contribution in [1.29, 1.82) is 0 Å². The highest BCUT2D eigenvalue weighted by Crippen LogP contribution is 2.36. The molecule has 154 valence electrons. The maximum Gasteiger partial charge on any atom is 0.242 e. The highest BCUT2D eigenvalue weighted by Gasteiger charge is 2.49. The van der Waals surface area contributed by atoms with Crippen molar-refractivity contribution >= 4 is 17.7 Å². The first kappa shape index (κ1) is 20.4. The quantitative estimate of drug-likeness (QED) is 0.754. The van der Waals surface area contributed by atoms with Crippen molar-refractivity contribution in [1.82, 2.24) is 25.1 Å². The molecule has 2 aliphatic heterocycles. The molecule has 3 amide bonds. The summed E-state index contributed by atoms with van der Waals surface area (Å²) in [5.41, 5.74) is 1.58. The van der Waals surface area contributed by atoms with Gasteiger partial charge >= 0.3 is 0 Å². The van der Waals surface area contributed by atoms with Gasteiger partial charge in [-0.25, -0.2) is 4.98 Å². The Morgan fingerprint density at radius 3 is 2.75 bits per heavy atom. The minimum Gasteiger partial charge on any atom is -0.356 e. The standard InChI is InChI=1S/C20H31N5O3/c1-5-21-20(28)15-7-14-9-24(18(26)8-16-13(4)22-11-23-16)10-19(27)25(14)17(15)6-12(2)3/h11-12,14-15,17H,5-10H2,1-4H3,(H,21,28)(H,22,23)/t14-,15-,17-/m1/s1. The number of nitrogens with one attached hydrogen (secondary N) is 2. The molecule has 3 heterocycles. The lowest BCUT2D eigenvalue weighted by Gasteiger charge is -2.40. The molecule has 8 nitrogen and oxygen atoms in total. The Kier molecular flexibility index (Phi) is 6.05. The maximum absolute atomic E-state index is 13.0. The Balaban J connectivity index is 1.74. The van der Waals surface area contributed by atoms with Crippen LogP contribution in [-0.2, 0) is 20.8 Å². The fourth-order valence-corrected chi connectivity index (χ4v) is 4.50. The van der Waals surface area contributed by atoms with E-state index >= 15 is 0 Å². The number of fused-ring (bicyclic) bond motifs is 1. The van der Waals surface area contributed by atoms with Gasteiger partial charge in [0.2, 0.25) is 17.7 Å². The van der Waals surface area contributed by atoms with Gasteiger partial charge in [0.15, 0.2) is 0 Å². The number of aryl methyl sites for hydroxylation is 1. The number of aromatic nitrogens is 2. The minimum atomic E-state index is -0.208. The zero-order valence-electron chi connectivity index (χ0n) is 17.2. The number of hydrogen-bond donors (Lipinski definition) is 2. The monoisotopic (exact) mass is 389 g/mol. The number of rotatable bonds is 6. The van der Waals surface area contributed by atoms with Gasteiger partial charge in [-0.3, -0.25) is 14.4 Å². The Bertz CT molecular complexity index is 744. The van der Waals surface area contributed by atoms with Gasteiger partial charge in [0, 0.05) is 24.8 Å². The fraction of sp³-hybridized carbons (Fsp3) is 0.700. The number of piperazine rings is 1. The molecule has 0 bridgehead atoms.